The highest BCUT2D eigenvalue weighted by molar-refractivity contribution is 5.47. The van der Waals surface area contributed by atoms with E-state index in [1.165, 1.54) is 12.1 Å². The van der Waals surface area contributed by atoms with Crippen LogP contribution in [0.4, 0.5) is 5.69 Å². The van der Waals surface area contributed by atoms with Crippen molar-refractivity contribution in [2.24, 2.45) is 0 Å². The summed E-state index contributed by atoms with van der Waals surface area (Å²) in [6.45, 7) is 1.90. The van der Waals surface area contributed by atoms with Gasteiger partial charge in [0.2, 0.25) is 0 Å². The Morgan fingerprint density at radius 3 is 2.75 bits per heavy atom. The predicted molar refractivity (Wildman–Crippen MR) is 44.1 cm³/mol. The fraction of sp³-hybridized carbons (Fsp3) is 0.250. The van der Waals surface area contributed by atoms with E-state index in [0.29, 0.717) is 0 Å². The van der Waals surface area contributed by atoms with Crippen LogP contribution >= 0.6 is 0 Å². The van der Waals surface area contributed by atoms with Gasteiger partial charge in [0.25, 0.3) is 0 Å². The Morgan fingerprint density at radius 2 is 2.25 bits per heavy atom. The minimum atomic E-state index is -0.589. The second-order valence-corrected chi connectivity index (χ2v) is 2.43. The first-order valence-electron chi connectivity index (χ1n) is 3.61. The molecule has 0 aliphatic heterocycles. The molecule has 0 heterocycles. The van der Waals surface area contributed by atoms with Gasteiger partial charge in [0, 0.05) is 6.07 Å². The molecule has 0 saturated carbocycles. The average molecular weight is 167 g/mol. The van der Waals surface area contributed by atoms with Crippen molar-refractivity contribution >= 4 is 5.69 Å². The molecule has 0 fully saturated rings. The first-order valence-corrected chi connectivity index (χ1v) is 3.61. The van der Waals surface area contributed by atoms with E-state index < -0.39 is 4.92 Å². The van der Waals surface area contributed by atoms with Gasteiger partial charge in [-0.3, -0.25) is 10.1 Å². The number of hydrogen-bond acceptors (Lipinski definition) is 3. The topological polar surface area (TPSA) is 63.4 Å². The number of aromatic hydroxyl groups is 1. The van der Waals surface area contributed by atoms with Gasteiger partial charge in [0.05, 0.1) is 4.92 Å². The van der Waals surface area contributed by atoms with Crippen molar-refractivity contribution in [3.63, 3.8) is 0 Å². The summed E-state index contributed by atoms with van der Waals surface area (Å²) in [7, 11) is 0. The molecular weight excluding hydrogens is 158 g/mol. The van der Waals surface area contributed by atoms with Gasteiger partial charge in [-0.05, 0) is 18.1 Å². The molecule has 64 valence electrons. The van der Waals surface area contributed by atoms with Gasteiger partial charge in [-0.25, -0.2) is 0 Å². The zero-order chi connectivity index (χ0) is 9.14. The molecule has 12 heavy (non-hydrogen) atoms. The van der Waals surface area contributed by atoms with Gasteiger partial charge < -0.3 is 5.11 Å². The van der Waals surface area contributed by atoms with E-state index in [-0.39, 0.29) is 11.4 Å². The van der Waals surface area contributed by atoms with Crippen LogP contribution in [0.1, 0.15) is 12.5 Å². The number of nitrogens with zero attached hydrogens (tertiary/aromatic N) is 1. The maximum atomic E-state index is 10.3. The summed E-state index contributed by atoms with van der Waals surface area (Å²) in [6.07, 6.45) is 0.723. The molecule has 0 unspecified atom stereocenters. The Hall–Kier alpha value is -1.58. The van der Waals surface area contributed by atoms with Crippen LogP contribution in [-0.2, 0) is 6.42 Å². The third-order valence-corrected chi connectivity index (χ3v) is 1.64. The van der Waals surface area contributed by atoms with Crippen molar-refractivity contribution in [3.05, 3.63) is 33.9 Å². The van der Waals surface area contributed by atoms with Gasteiger partial charge in [0.1, 0.15) is 0 Å². The lowest BCUT2D eigenvalue weighted by atomic mass is 10.1. The van der Waals surface area contributed by atoms with Gasteiger partial charge in [-0.2, -0.15) is 0 Å². The average Bonchev–Trinajstić information content (AvgIpc) is 2.05. The Bertz CT molecular complexity index is 309. The molecule has 1 N–H and O–H groups in total. The van der Waals surface area contributed by atoms with Gasteiger partial charge in [-0.1, -0.05) is 13.0 Å². The van der Waals surface area contributed by atoms with Crippen LogP contribution in [0.5, 0.6) is 5.75 Å². The summed E-state index contributed by atoms with van der Waals surface area (Å²) in [5.41, 5.74) is 0.619. The van der Waals surface area contributed by atoms with Gasteiger partial charge >= 0.3 is 5.69 Å². The second-order valence-electron chi connectivity index (χ2n) is 2.43. The van der Waals surface area contributed by atoms with E-state index in [1.54, 1.807) is 6.07 Å². The SMILES string of the molecule is CCc1ccc(O)c([N+](=O)[O-])c1. The number of nitro benzene ring substituents is 1. The van der Waals surface area contributed by atoms with Crippen LogP contribution in [0.3, 0.4) is 0 Å². The van der Waals surface area contributed by atoms with Crippen LogP contribution < -0.4 is 0 Å². The number of phenolic OH excluding ortho intramolecular Hbond substituents is 1. The lowest BCUT2D eigenvalue weighted by molar-refractivity contribution is -0.385. The van der Waals surface area contributed by atoms with E-state index in [1.807, 2.05) is 6.92 Å². The van der Waals surface area contributed by atoms with Crippen LogP contribution in [0.2, 0.25) is 0 Å². The number of benzene rings is 1. The highest BCUT2D eigenvalue weighted by Crippen LogP contribution is 2.26. The number of phenols is 1. The van der Waals surface area contributed by atoms with E-state index in [9.17, 15) is 10.1 Å². The zero-order valence-electron chi connectivity index (χ0n) is 6.65. The molecule has 0 aromatic heterocycles. The normalized spacial score (nSPS) is 9.75. The third-order valence-electron chi connectivity index (χ3n) is 1.64. The van der Waals surface area contributed by atoms with Crippen LogP contribution in [-0.4, -0.2) is 10.0 Å². The van der Waals surface area contributed by atoms with Gasteiger partial charge in [-0.15, -0.1) is 0 Å². The molecule has 4 nitrogen and oxygen atoms in total. The third kappa shape index (κ3) is 1.53. The number of aryl methyl sites for hydroxylation is 1. The Morgan fingerprint density at radius 1 is 1.58 bits per heavy atom. The predicted octanol–water partition coefficient (Wildman–Crippen LogP) is 1.86. The molecule has 0 aliphatic rings. The van der Waals surface area contributed by atoms with E-state index >= 15 is 0 Å². The van der Waals surface area contributed by atoms with Crippen LogP contribution in [0, 0.1) is 10.1 Å². The number of hydrogen-bond donors (Lipinski definition) is 1. The molecule has 0 bridgehead atoms. The molecular formula is C8H9NO3. The fourth-order valence-electron chi connectivity index (χ4n) is 0.935. The minimum Gasteiger partial charge on any atom is -0.502 e. The lowest BCUT2D eigenvalue weighted by Gasteiger charge is -1.98. The molecule has 0 saturated heterocycles. The standard InChI is InChI=1S/C8H9NO3/c1-2-6-3-4-8(10)7(5-6)9(11)12/h3-5,10H,2H2,1H3. The summed E-state index contributed by atoms with van der Waals surface area (Å²) in [5.74, 6) is -0.280. The number of rotatable bonds is 2. The molecule has 0 atom stereocenters. The first kappa shape index (κ1) is 8.52. The summed E-state index contributed by atoms with van der Waals surface area (Å²) in [5, 5.41) is 19.4. The summed E-state index contributed by atoms with van der Waals surface area (Å²) in [4.78, 5) is 9.75. The zero-order valence-corrected chi connectivity index (χ0v) is 6.65. The van der Waals surface area contributed by atoms with E-state index in [4.69, 9.17) is 5.11 Å². The molecule has 1 rings (SSSR count). The Labute approximate surface area is 69.6 Å². The highest BCUT2D eigenvalue weighted by Gasteiger charge is 2.12. The largest absolute Gasteiger partial charge is 0.502 e. The van der Waals surface area contributed by atoms with Crippen molar-refractivity contribution in [1.29, 1.82) is 0 Å². The molecule has 0 amide bonds. The highest BCUT2D eigenvalue weighted by atomic mass is 16.6. The van der Waals surface area contributed by atoms with Crippen LogP contribution in [0.25, 0.3) is 0 Å². The van der Waals surface area contributed by atoms with Crippen molar-refractivity contribution in [2.75, 3.05) is 0 Å². The summed E-state index contributed by atoms with van der Waals surface area (Å²) in [6, 6.07) is 4.40. The van der Waals surface area contributed by atoms with Crippen molar-refractivity contribution < 1.29 is 10.0 Å². The molecule has 0 radical (unpaired) electrons. The Kier molecular flexibility index (Phi) is 2.28. The lowest BCUT2D eigenvalue weighted by Crippen LogP contribution is -1.90. The fourth-order valence-corrected chi connectivity index (χ4v) is 0.935. The van der Waals surface area contributed by atoms with Crippen molar-refractivity contribution in [1.82, 2.24) is 0 Å². The van der Waals surface area contributed by atoms with Crippen molar-refractivity contribution in [3.8, 4) is 5.75 Å². The van der Waals surface area contributed by atoms with Crippen molar-refractivity contribution in [2.45, 2.75) is 13.3 Å². The molecule has 4 heteroatoms. The van der Waals surface area contributed by atoms with E-state index in [2.05, 4.69) is 0 Å². The number of nitro groups is 1. The quantitative estimate of drug-likeness (QED) is 0.540. The smallest absolute Gasteiger partial charge is 0.310 e. The molecule has 0 aliphatic carbocycles. The molecule has 1 aromatic rings. The van der Waals surface area contributed by atoms with E-state index in [0.717, 1.165) is 12.0 Å². The summed E-state index contributed by atoms with van der Waals surface area (Å²) >= 11 is 0. The van der Waals surface area contributed by atoms with Gasteiger partial charge in [0.15, 0.2) is 5.75 Å². The first-order chi connectivity index (χ1) is 5.65. The minimum absolute atomic E-state index is 0.227. The molecule has 0 spiro atoms. The maximum absolute atomic E-state index is 10.3. The molecule has 1 aromatic carbocycles. The summed E-state index contributed by atoms with van der Waals surface area (Å²) < 4.78 is 0. The van der Waals surface area contributed by atoms with Crippen LogP contribution in [0.15, 0.2) is 18.2 Å². The maximum Gasteiger partial charge on any atom is 0.310 e. The Balaban J connectivity index is 3.17. The second kappa shape index (κ2) is 3.21. The monoisotopic (exact) mass is 167 g/mol.